The maximum atomic E-state index is 4.45. The van der Waals surface area contributed by atoms with Gasteiger partial charge in [0.2, 0.25) is 0 Å². The Morgan fingerprint density at radius 1 is 1.05 bits per heavy atom. The average molecular weight is 278 g/mol. The van der Waals surface area contributed by atoms with Crippen LogP contribution in [-0.4, -0.2) is 19.9 Å². The van der Waals surface area contributed by atoms with Crippen LogP contribution >= 0.6 is 11.3 Å². The van der Waals surface area contributed by atoms with Crippen LogP contribution in [0.1, 0.15) is 0 Å². The summed E-state index contributed by atoms with van der Waals surface area (Å²) < 4.78 is 1.08. The van der Waals surface area contributed by atoms with Crippen molar-refractivity contribution < 1.29 is 0 Å². The number of hydrogen-bond acceptors (Lipinski definition) is 4. The van der Waals surface area contributed by atoms with Gasteiger partial charge in [-0.25, -0.2) is 15.0 Å². The van der Waals surface area contributed by atoms with Gasteiger partial charge in [-0.3, -0.25) is 0 Å². The molecule has 0 unspecified atom stereocenters. The van der Waals surface area contributed by atoms with Gasteiger partial charge in [-0.1, -0.05) is 30.3 Å². The Morgan fingerprint density at radius 2 is 1.95 bits per heavy atom. The molecule has 1 N–H and O–H groups in total. The summed E-state index contributed by atoms with van der Waals surface area (Å²) in [6.45, 7) is 0. The van der Waals surface area contributed by atoms with Gasteiger partial charge in [-0.2, -0.15) is 0 Å². The molecule has 0 amide bonds. The lowest BCUT2D eigenvalue weighted by molar-refractivity contribution is 1.23. The van der Waals surface area contributed by atoms with Crippen LogP contribution in [-0.2, 0) is 0 Å². The standard InChI is InChI=1S/C15H10N4S/c1-2-4-10(5-3-1)14-15(19-9-18-14)12-6-11-13(20-12)7-16-8-17-11/h1-9H,(H,18,19). The summed E-state index contributed by atoms with van der Waals surface area (Å²) in [7, 11) is 0. The van der Waals surface area contributed by atoms with Crippen LogP contribution in [0, 0.1) is 0 Å². The van der Waals surface area contributed by atoms with E-state index in [4.69, 9.17) is 0 Å². The molecule has 0 aliphatic carbocycles. The molecule has 96 valence electrons. The van der Waals surface area contributed by atoms with E-state index in [1.165, 1.54) is 0 Å². The molecule has 4 aromatic rings. The first-order chi connectivity index (χ1) is 9.92. The number of H-pyrrole nitrogens is 1. The Hall–Kier alpha value is -2.53. The normalized spacial score (nSPS) is 11.0. The highest BCUT2D eigenvalue weighted by Gasteiger charge is 2.13. The Balaban J connectivity index is 1.89. The molecule has 0 fully saturated rings. The van der Waals surface area contributed by atoms with Crippen molar-refractivity contribution in [3.05, 3.63) is 55.2 Å². The van der Waals surface area contributed by atoms with Gasteiger partial charge >= 0.3 is 0 Å². The minimum atomic E-state index is 0.963. The molecule has 0 atom stereocenters. The SMILES string of the molecule is c1ccc(-c2nc[nH]c2-c2cc3ncncc3s2)cc1. The Labute approximate surface area is 119 Å². The Bertz CT molecular complexity index is 831. The number of fused-ring (bicyclic) bond motifs is 1. The minimum Gasteiger partial charge on any atom is -0.343 e. The maximum Gasteiger partial charge on any atom is 0.116 e. The molecule has 4 nitrogen and oxygen atoms in total. The van der Waals surface area contributed by atoms with E-state index in [0.717, 1.165) is 32.0 Å². The lowest BCUT2D eigenvalue weighted by atomic mass is 10.1. The van der Waals surface area contributed by atoms with E-state index in [9.17, 15) is 0 Å². The second kappa shape index (κ2) is 4.54. The van der Waals surface area contributed by atoms with Gasteiger partial charge in [0.1, 0.15) is 6.33 Å². The third kappa shape index (κ3) is 1.80. The predicted molar refractivity (Wildman–Crippen MR) is 80.4 cm³/mol. The summed E-state index contributed by atoms with van der Waals surface area (Å²) in [6.07, 6.45) is 5.15. The Kier molecular flexibility index (Phi) is 2.57. The van der Waals surface area contributed by atoms with Gasteiger partial charge in [0, 0.05) is 11.8 Å². The van der Waals surface area contributed by atoms with Crippen LogP contribution < -0.4 is 0 Å². The van der Waals surface area contributed by atoms with Crippen molar-refractivity contribution in [1.29, 1.82) is 0 Å². The molecule has 3 aromatic heterocycles. The predicted octanol–water partition coefficient (Wildman–Crippen LogP) is 3.75. The van der Waals surface area contributed by atoms with Gasteiger partial charge in [0.15, 0.2) is 0 Å². The lowest BCUT2D eigenvalue weighted by Crippen LogP contribution is -1.80. The van der Waals surface area contributed by atoms with Crippen molar-refractivity contribution in [3.8, 4) is 21.8 Å². The number of rotatable bonds is 2. The maximum absolute atomic E-state index is 4.45. The van der Waals surface area contributed by atoms with Crippen LogP contribution in [0.4, 0.5) is 0 Å². The van der Waals surface area contributed by atoms with Crippen molar-refractivity contribution in [2.45, 2.75) is 0 Å². The highest BCUT2D eigenvalue weighted by molar-refractivity contribution is 7.22. The van der Waals surface area contributed by atoms with Crippen molar-refractivity contribution >= 4 is 21.6 Å². The molecule has 4 rings (SSSR count). The number of nitrogens with one attached hydrogen (secondary N) is 1. The van der Waals surface area contributed by atoms with Crippen LogP contribution in [0.2, 0.25) is 0 Å². The van der Waals surface area contributed by atoms with Crippen molar-refractivity contribution in [2.75, 3.05) is 0 Å². The van der Waals surface area contributed by atoms with Crippen LogP contribution in [0.25, 0.3) is 32.0 Å². The molecule has 0 bridgehead atoms. The fourth-order valence-electron chi connectivity index (χ4n) is 2.21. The number of hydrogen-bond donors (Lipinski definition) is 1. The summed E-state index contributed by atoms with van der Waals surface area (Å²) in [6, 6.07) is 12.2. The first kappa shape index (κ1) is 11.3. The third-order valence-corrected chi connectivity index (χ3v) is 4.20. The summed E-state index contributed by atoms with van der Waals surface area (Å²) >= 11 is 1.67. The van der Waals surface area contributed by atoms with Crippen LogP contribution in [0.15, 0.2) is 55.2 Å². The first-order valence-electron chi connectivity index (χ1n) is 6.20. The van der Waals surface area contributed by atoms with Crippen molar-refractivity contribution in [3.63, 3.8) is 0 Å². The number of thiophene rings is 1. The number of benzene rings is 1. The molecule has 0 saturated carbocycles. The van der Waals surface area contributed by atoms with E-state index < -0.39 is 0 Å². The van der Waals surface area contributed by atoms with E-state index >= 15 is 0 Å². The Morgan fingerprint density at radius 3 is 2.80 bits per heavy atom. The molecule has 3 heterocycles. The second-order valence-electron chi connectivity index (χ2n) is 4.38. The zero-order valence-corrected chi connectivity index (χ0v) is 11.3. The first-order valence-corrected chi connectivity index (χ1v) is 7.02. The molecule has 1 aromatic carbocycles. The molecular formula is C15H10N4S. The third-order valence-electron chi connectivity index (χ3n) is 3.13. The molecule has 0 spiro atoms. The average Bonchev–Trinajstić information content (AvgIpc) is 3.14. The number of aromatic nitrogens is 4. The van der Waals surface area contributed by atoms with Crippen LogP contribution in [0.3, 0.4) is 0 Å². The molecule has 5 heteroatoms. The summed E-state index contributed by atoms with van der Waals surface area (Å²) in [5.41, 5.74) is 4.06. The smallest absolute Gasteiger partial charge is 0.116 e. The van der Waals surface area contributed by atoms with Gasteiger partial charge < -0.3 is 4.98 Å². The molecule has 0 aliphatic heterocycles. The van der Waals surface area contributed by atoms with E-state index in [1.807, 2.05) is 24.4 Å². The molecule has 0 aliphatic rings. The van der Waals surface area contributed by atoms with Crippen molar-refractivity contribution in [1.82, 2.24) is 19.9 Å². The molecule has 0 saturated heterocycles. The number of aromatic amines is 1. The van der Waals surface area contributed by atoms with E-state index in [0.29, 0.717) is 0 Å². The molecule has 0 radical (unpaired) electrons. The van der Waals surface area contributed by atoms with Gasteiger partial charge in [0.05, 0.1) is 32.8 Å². The highest BCUT2D eigenvalue weighted by Crippen LogP contribution is 2.35. The fraction of sp³-hybridized carbons (Fsp3) is 0. The zero-order chi connectivity index (χ0) is 13.4. The van der Waals surface area contributed by atoms with E-state index in [2.05, 4.69) is 38.1 Å². The number of imidazole rings is 1. The van der Waals surface area contributed by atoms with Gasteiger partial charge in [0.25, 0.3) is 0 Å². The zero-order valence-electron chi connectivity index (χ0n) is 10.4. The topological polar surface area (TPSA) is 54.5 Å². The van der Waals surface area contributed by atoms with Gasteiger partial charge in [-0.15, -0.1) is 11.3 Å². The van der Waals surface area contributed by atoms with E-state index in [1.54, 1.807) is 24.0 Å². The molecule has 20 heavy (non-hydrogen) atoms. The largest absolute Gasteiger partial charge is 0.343 e. The lowest BCUT2D eigenvalue weighted by Gasteiger charge is -1.99. The summed E-state index contributed by atoms with van der Waals surface area (Å²) in [5, 5.41) is 0. The second-order valence-corrected chi connectivity index (χ2v) is 5.46. The molecular weight excluding hydrogens is 268 g/mol. The minimum absolute atomic E-state index is 0.963. The summed E-state index contributed by atoms with van der Waals surface area (Å²) in [5.74, 6) is 0. The highest BCUT2D eigenvalue weighted by atomic mass is 32.1. The van der Waals surface area contributed by atoms with E-state index in [-0.39, 0.29) is 0 Å². The number of nitrogens with zero attached hydrogens (tertiary/aromatic N) is 3. The van der Waals surface area contributed by atoms with Gasteiger partial charge in [-0.05, 0) is 6.07 Å². The fourth-order valence-corrected chi connectivity index (χ4v) is 3.20. The van der Waals surface area contributed by atoms with Crippen LogP contribution in [0.5, 0.6) is 0 Å². The van der Waals surface area contributed by atoms with Crippen molar-refractivity contribution in [2.24, 2.45) is 0 Å². The summed E-state index contributed by atoms with van der Waals surface area (Å²) in [4.78, 5) is 17.1. The quantitative estimate of drug-likeness (QED) is 0.607. The monoisotopic (exact) mass is 278 g/mol.